The average molecular weight is 342 g/mol. The van der Waals surface area contributed by atoms with E-state index in [9.17, 15) is 19.7 Å². The van der Waals surface area contributed by atoms with Crippen LogP contribution in [0.2, 0.25) is 5.02 Å². The topological polar surface area (TPSA) is 93.0 Å². The van der Waals surface area contributed by atoms with Crippen molar-refractivity contribution in [2.24, 2.45) is 0 Å². The summed E-state index contributed by atoms with van der Waals surface area (Å²) in [6.45, 7) is 3.34. The number of rotatable bonds is 3. The van der Waals surface area contributed by atoms with Crippen molar-refractivity contribution in [3.05, 3.63) is 38.9 Å². The minimum atomic E-state index is -0.578. The van der Waals surface area contributed by atoms with E-state index < -0.39 is 11.0 Å². The van der Waals surface area contributed by atoms with E-state index in [2.05, 4.69) is 0 Å². The molecular weight excluding hydrogens is 326 g/mol. The minimum absolute atomic E-state index is 0.0884. The molecule has 1 aromatic carbocycles. The third-order valence-corrected chi connectivity index (χ3v) is 3.81. The van der Waals surface area contributed by atoms with Gasteiger partial charge in [-0.15, -0.1) is 0 Å². The number of nitrogens with zero attached hydrogens (tertiary/aromatic N) is 3. The molecule has 23 heavy (non-hydrogen) atoms. The summed E-state index contributed by atoms with van der Waals surface area (Å²) in [6.07, 6.45) is -0.409. The number of non-ortho nitro benzene ring substituents is 1. The van der Waals surface area contributed by atoms with Crippen molar-refractivity contribution in [2.45, 2.75) is 6.92 Å². The van der Waals surface area contributed by atoms with Gasteiger partial charge in [-0.05, 0) is 13.0 Å². The van der Waals surface area contributed by atoms with E-state index in [4.69, 9.17) is 16.3 Å². The SMILES string of the molecule is CCOC(=O)N1CCN(C(=O)c2cc([N+](=O)[O-])ccc2Cl)CC1. The average Bonchev–Trinajstić information content (AvgIpc) is 2.55. The highest BCUT2D eigenvalue weighted by Crippen LogP contribution is 2.24. The maximum atomic E-state index is 12.5. The standard InChI is InChI=1S/C14H16ClN3O5/c1-2-23-14(20)17-7-5-16(6-8-17)13(19)11-9-10(18(21)22)3-4-12(11)15/h3-4,9H,2,5-8H2,1H3. The van der Waals surface area contributed by atoms with Gasteiger partial charge >= 0.3 is 6.09 Å². The number of carbonyl (C=O) groups excluding carboxylic acids is 2. The molecule has 2 rings (SSSR count). The Kier molecular flexibility index (Phi) is 5.38. The lowest BCUT2D eigenvalue weighted by Crippen LogP contribution is -2.50. The van der Waals surface area contributed by atoms with Crippen LogP contribution < -0.4 is 0 Å². The Morgan fingerprint density at radius 1 is 1.26 bits per heavy atom. The molecule has 0 saturated carbocycles. The highest BCUT2D eigenvalue weighted by atomic mass is 35.5. The molecule has 0 bridgehead atoms. The summed E-state index contributed by atoms with van der Waals surface area (Å²) in [5.74, 6) is -0.387. The number of carbonyl (C=O) groups is 2. The second-order valence-corrected chi connectivity index (χ2v) is 5.31. The maximum absolute atomic E-state index is 12.5. The van der Waals surface area contributed by atoms with Gasteiger partial charge in [0.2, 0.25) is 0 Å². The van der Waals surface area contributed by atoms with Crippen LogP contribution in [0.25, 0.3) is 0 Å². The number of piperazine rings is 1. The molecule has 124 valence electrons. The molecule has 1 aromatic rings. The van der Waals surface area contributed by atoms with Crippen LogP contribution in [0.3, 0.4) is 0 Å². The molecule has 0 aliphatic carbocycles. The summed E-state index contributed by atoms with van der Waals surface area (Å²) in [4.78, 5) is 37.4. The Morgan fingerprint density at radius 2 is 1.87 bits per heavy atom. The van der Waals surface area contributed by atoms with Crippen molar-refractivity contribution in [1.82, 2.24) is 9.80 Å². The fraction of sp³-hybridized carbons (Fsp3) is 0.429. The van der Waals surface area contributed by atoms with Crippen LogP contribution >= 0.6 is 11.6 Å². The van der Waals surface area contributed by atoms with Gasteiger partial charge in [-0.2, -0.15) is 0 Å². The number of nitro benzene ring substituents is 1. The predicted octanol–water partition coefficient (Wildman–Crippen LogP) is 2.16. The van der Waals surface area contributed by atoms with Crippen molar-refractivity contribution >= 4 is 29.3 Å². The van der Waals surface area contributed by atoms with Crippen LogP contribution in [0.15, 0.2) is 18.2 Å². The zero-order valence-electron chi connectivity index (χ0n) is 12.5. The first kappa shape index (κ1) is 17.0. The van der Waals surface area contributed by atoms with Gasteiger partial charge in [-0.3, -0.25) is 14.9 Å². The van der Waals surface area contributed by atoms with Crippen LogP contribution in [0.4, 0.5) is 10.5 Å². The first-order valence-corrected chi connectivity index (χ1v) is 7.46. The molecule has 0 atom stereocenters. The first-order chi connectivity index (χ1) is 10.9. The number of ether oxygens (including phenoxy) is 1. The molecule has 9 heteroatoms. The van der Waals surface area contributed by atoms with E-state index in [1.165, 1.54) is 28.0 Å². The molecule has 1 aliphatic rings. The minimum Gasteiger partial charge on any atom is -0.450 e. The highest BCUT2D eigenvalue weighted by Gasteiger charge is 2.27. The number of amides is 2. The molecule has 1 heterocycles. The molecular formula is C14H16ClN3O5. The maximum Gasteiger partial charge on any atom is 0.409 e. The van der Waals surface area contributed by atoms with Gasteiger partial charge in [0.25, 0.3) is 11.6 Å². The zero-order chi connectivity index (χ0) is 17.0. The molecule has 1 saturated heterocycles. The predicted molar refractivity (Wildman–Crippen MR) is 82.6 cm³/mol. The van der Waals surface area contributed by atoms with Gasteiger partial charge in [0.15, 0.2) is 0 Å². The lowest BCUT2D eigenvalue weighted by atomic mass is 10.1. The van der Waals surface area contributed by atoms with E-state index in [0.717, 1.165) is 0 Å². The molecule has 8 nitrogen and oxygen atoms in total. The molecule has 0 unspecified atom stereocenters. The van der Waals surface area contributed by atoms with E-state index in [0.29, 0.717) is 32.8 Å². The van der Waals surface area contributed by atoms with Gasteiger partial charge in [0.05, 0.1) is 22.1 Å². The molecule has 0 spiro atoms. The fourth-order valence-corrected chi connectivity index (χ4v) is 2.47. The summed E-state index contributed by atoms with van der Waals surface area (Å²) >= 11 is 5.98. The van der Waals surface area contributed by atoms with Crippen molar-refractivity contribution < 1.29 is 19.2 Å². The van der Waals surface area contributed by atoms with Crippen molar-refractivity contribution in [2.75, 3.05) is 32.8 Å². The summed E-state index contributed by atoms with van der Waals surface area (Å²) < 4.78 is 4.91. The van der Waals surface area contributed by atoms with Crippen molar-refractivity contribution in [1.29, 1.82) is 0 Å². The molecule has 0 radical (unpaired) electrons. The van der Waals surface area contributed by atoms with Gasteiger partial charge in [-0.25, -0.2) is 4.79 Å². The smallest absolute Gasteiger partial charge is 0.409 e. The molecule has 2 amide bonds. The number of benzene rings is 1. The molecule has 0 aromatic heterocycles. The second kappa shape index (κ2) is 7.28. The van der Waals surface area contributed by atoms with E-state index >= 15 is 0 Å². The van der Waals surface area contributed by atoms with Crippen LogP contribution in [0.5, 0.6) is 0 Å². The van der Waals surface area contributed by atoms with Crippen LogP contribution in [0, 0.1) is 10.1 Å². The third-order valence-electron chi connectivity index (χ3n) is 3.48. The van der Waals surface area contributed by atoms with E-state index in [1.807, 2.05) is 0 Å². The van der Waals surface area contributed by atoms with Gasteiger partial charge in [-0.1, -0.05) is 11.6 Å². The lowest BCUT2D eigenvalue weighted by Gasteiger charge is -2.34. The number of halogens is 1. The normalized spacial score (nSPS) is 14.5. The number of hydrogen-bond donors (Lipinski definition) is 0. The van der Waals surface area contributed by atoms with Crippen LogP contribution in [-0.4, -0.2) is 59.5 Å². The van der Waals surface area contributed by atoms with Crippen molar-refractivity contribution in [3.63, 3.8) is 0 Å². The Balaban J connectivity index is 2.07. The van der Waals surface area contributed by atoms with Gasteiger partial charge in [0.1, 0.15) is 0 Å². The number of nitro groups is 1. The van der Waals surface area contributed by atoms with Gasteiger partial charge < -0.3 is 14.5 Å². The summed E-state index contributed by atoms with van der Waals surface area (Å²) in [6, 6.07) is 3.75. The summed E-state index contributed by atoms with van der Waals surface area (Å²) in [5.41, 5.74) is -0.103. The highest BCUT2D eigenvalue weighted by molar-refractivity contribution is 6.33. The molecule has 1 aliphatic heterocycles. The fourth-order valence-electron chi connectivity index (χ4n) is 2.27. The summed E-state index contributed by atoms with van der Waals surface area (Å²) in [7, 11) is 0. The zero-order valence-corrected chi connectivity index (χ0v) is 13.3. The summed E-state index contributed by atoms with van der Waals surface area (Å²) in [5, 5.41) is 11.0. The Morgan fingerprint density at radius 3 is 2.43 bits per heavy atom. The third kappa shape index (κ3) is 3.89. The van der Waals surface area contributed by atoms with E-state index in [1.54, 1.807) is 6.92 Å². The quantitative estimate of drug-likeness (QED) is 0.620. The second-order valence-electron chi connectivity index (χ2n) is 4.90. The molecule has 1 fully saturated rings. The Hall–Kier alpha value is -2.35. The van der Waals surface area contributed by atoms with Gasteiger partial charge in [0, 0.05) is 38.3 Å². The van der Waals surface area contributed by atoms with Crippen LogP contribution in [0.1, 0.15) is 17.3 Å². The van der Waals surface area contributed by atoms with Crippen LogP contribution in [-0.2, 0) is 4.74 Å². The molecule has 0 N–H and O–H groups in total. The monoisotopic (exact) mass is 341 g/mol. The van der Waals surface area contributed by atoms with E-state index in [-0.39, 0.29) is 22.2 Å². The largest absolute Gasteiger partial charge is 0.450 e. The Labute approximate surface area is 137 Å². The Bertz CT molecular complexity index is 629. The van der Waals surface area contributed by atoms with Crippen molar-refractivity contribution in [3.8, 4) is 0 Å². The first-order valence-electron chi connectivity index (χ1n) is 7.09. The lowest BCUT2D eigenvalue weighted by molar-refractivity contribution is -0.384. The number of hydrogen-bond acceptors (Lipinski definition) is 5.